The van der Waals surface area contributed by atoms with Gasteiger partial charge in [-0.05, 0) is 36.1 Å². The third-order valence-electron chi connectivity index (χ3n) is 5.34. The minimum absolute atomic E-state index is 0.186. The van der Waals surface area contributed by atoms with Gasteiger partial charge in [0.25, 0.3) is 5.91 Å². The maximum atomic E-state index is 12.3. The fourth-order valence-electron chi connectivity index (χ4n) is 3.78. The summed E-state index contributed by atoms with van der Waals surface area (Å²) in [7, 11) is 2.08. The highest BCUT2D eigenvalue weighted by atomic mass is 16.3. The summed E-state index contributed by atoms with van der Waals surface area (Å²) in [6.45, 7) is 2.15. The number of aliphatic hydroxyl groups excluding tert-OH is 1. The third kappa shape index (κ3) is 3.72. The average Bonchev–Trinajstić information content (AvgIpc) is 3.00. The standard InChI is InChI=1S/C21H24N4O2/c1-24-17(11-15-5-2-3-7-19(15)24)13-25-10-8-18(20(26)14-25)23-21(27)16-6-4-9-22-12-16/h2-7,9,11-12,18,20,26H,8,10,13-14H2,1H3,(H,23,27). The van der Waals surface area contributed by atoms with Gasteiger partial charge in [0.1, 0.15) is 0 Å². The van der Waals surface area contributed by atoms with Crippen LogP contribution < -0.4 is 5.32 Å². The van der Waals surface area contributed by atoms with Gasteiger partial charge in [-0.2, -0.15) is 0 Å². The number of aryl methyl sites for hydroxylation is 1. The van der Waals surface area contributed by atoms with E-state index in [0.29, 0.717) is 12.1 Å². The average molecular weight is 364 g/mol. The van der Waals surface area contributed by atoms with Crippen LogP contribution in [-0.2, 0) is 13.6 Å². The Morgan fingerprint density at radius 3 is 2.89 bits per heavy atom. The summed E-state index contributed by atoms with van der Waals surface area (Å²) in [5, 5.41) is 14.7. The number of amides is 1. The lowest BCUT2D eigenvalue weighted by Crippen LogP contribution is -2.53. The molecular formula is C21H24N4O2. The number of piperidine rings is 1. The van der Waals surface area contributed by atoms with Gasteiger partial charge < -0.3 is 15.0 Å². The van der Waals surface area contributed by atoms with E-state index in [0.717, 1.165) is 19.5 Å². The summed E-state index contributed by atoms with van der Waals surface area (Å²) < 4.78 is 2.21. The lowest BCUT2D eigenvalue weighted by atomic mass is 10.0. The summed E-state index contributed by atoms with van der Waals surface area (Å²) in [4.78, 5) is 18.5. The number of rotatable bonds is 4. The fraction of sp³-hybridized carbons (Fsp3) is 0.333. The molecule has 3 heterocycles. The first-order valence-electron chi connectivity index (χ1n) is 9.26. The Kier molecular flexibility index (Phi) is 4.92. The van der Waals surface area contributed by atoms with Crippen molar-refractivity contribution in [2.24, 2.45) is 7.05 Å². The molecule has 4 rings (SSSR count). The summed E-state index contributed by atoms with van der Waals surface area (Å²) in [6.07, 6.45) is 3.31. The van der Waals surface area contributed by atoms with Crippen molar-refractivity contribution in [3.05, 3.63) is 66.1 Å². The largest absolute Gasteiger partial charge is 0.390 e. The molecular weight excluding hydrogens is 340 g/mol. The van der Waals surface area contributed by atoms with Crippen molar-refractivity contribution in [2.45, 2.75) is 25.1 Å². The molecule has 2 atom stereocenters. The van der Waals surface area contributed by atoms with Gasteiger partial charge in [-0.3, -0.25) is 14.7 Å². The number of carbonyl (C=O) groups excluding carboxylic acids is 1. The fourth-order valence-corrected chi connectivity index (χ4v) is 3.78. The summed E-state index contributed by atoms with van der Waals surface area (Å²) in [6, 6.07) is 13.8. The first-order chi connectivity index (χ1) is 13.1. The van der Waals surface area contributed by atoms with Crippen LogP contribution >= 0.6 is 0 Å². The van der Waals surface area contributed by atoms with E-state index < -0.39 is 6.10 Å². The first kappa shape index (κ1) is 17.7. The van der Waals surface area contributed by atoms with E-state index in [1.807, 2.05) is 12.1 Å². The Morgan fingerprint density at radius 1 is 1.30 bits per heavy atom. The highest BCUT2D eigenvalue weighted by Crippen LogP contribution is 2.21. The van der Waals surface area contributed by atoms with E-state index in [1.54, 1.807) is 18.3 Å². The predicted molar refractivity (Wildman–Crippen MR) is 104 cm³/mol. The zero-order valence-electron chi connectivity index (χ0n) is 15.4. The molecule has 0 radical (unpaired) electrons. The number of para-hydroxylation sites is 1. The summed E-state index contributed by atoms with van der Waals surface area (Å²) >= 11 is 0. The molecule has 140 valence electrons. The van der Waals surface area contributed by atoms with Crippen molar-refractivity contribution >= 4 is 16.8 Å². The van der Waals surface area contributed by atoms with Crippen LogP contribution in [0.1, 0.15) is 22.5 Å². The zero-order valence-corrected chi connectivity index (χ0v) is 15.4. The van der Waals surface area contributed by atoms with Crippen LogP contribution in [0.25, 0.3) is 10.9 Å². The molecule has 1 aliphatic heterocycles. The lowest BCUT2D eigenvalue weighted by Gasteiger charge is -2.36. The number of hydrogen-bond acceptors (Lipinski definition) is 4. The Bertz CT molecular complexity index is 938. The van der Waals surface area contributed by atoms with Crippen LogP contribution in [-0.4, -0.2) is 50.7 Å². The van der Waals surface area contributed by atoms with Gasteiger partial charge >= 0.3 is 0 Å². The van der Waals surface area contributed by atoms with Crippen molar-refractivity contribution < 1.29 is 9.90 Å². The van der Waals surface area contributed by atoms with Gasteiger partial charge in [0.15, 0.2) is 0 Å². The number of aliphatic hydroxyl groups is 1. The number of aromatic nitrogens is 2. The third-order valence-corrected chi connectivity index (χ3v) is 5.34. The number of β-amino-alcohol motifs (C(OH)–C–C–N with tert-alkyl or cyclic N) is 1. The predicted octanol–water partition coefficient (Wildman–Crippen LogP) is 1.94. The molecule has 0 saturated carbocycles. The second-order valence-corrected chi connectivity index (χ2v) is 7.17. The number of nitrogens with one attached hydrogen (secondary N) is 1. The first-order valence-corrected chi connectivity index (χ1v) is 9.26. The molecule has 2 aromatic heterocycles. The topological polar surface area (TPSA) is 70.4 Å². The molecule has 1 fully saturated rings. The molecule has 27 heavy (non-hydrogen) atoms. The van der Waals surface area contributed by atoms with Gasteiger partial charge in [-0.1, -0.05) is 18.2 Å². The number of hydrogen-bond donors (Lipinski definition) is 2. The zero-order chi connectivity index (χ0) is 18.8. The molecule has 1 aromatic carbocycles. The van der Waals surface area contributed by atoms with Crippen molar-refractivity contribution in [3.8, 4) is 0 Å². The second-order valence-electron chi connectivity index (χ2n) is 7.17. The number of nitrogens with zero attached hydrogens (tertiary/aromatic N) is 3. The van der Waals surface area contributed by atoms with Gasteiger partial charge in [-0.25, -0.2) is 0 Å². The molecule has 3 aromatic rings. The Balaban J connectivity index is 1.38. The Labute approximate surface area is 158 Å². The van der Waals surface area contributed by atoms with Gasteiger partial charge in [0, 0.05) is 50.3 Å². The number of benzene rings is 1. The molecule has 1 aliphatic rings. The number of fused-ring (bicyclic) bond motifs is 1. The normalized spacial score (nSPS) is 20.7. The van der Waals surface area contributed by atoms with Crippen LogP contribution in [0.4, 0.5) is 0 Å². The van der Waals surface area contributed by atoms with Crippen molar-refractivity contribution in [1.82, 2.24) is 19.8 Å². The molecule has 6 nitrogen and oxygen atoms in total. The minimum Gasteiger partial charge on any atom is -0.390 e. The minimum atomic E-state index is -0.589. The van der Waals surface area contributed by atoms with Gasteiger partial charge in [0.2, 0.25) is 0 Å². The maximum Gasteiger partial charge on any atom is 0.253 e. The lowest BCUT2D eigenvalue weighted by molar-refractivity contribution is 0.0343. The highest BCUT2D eigenvalue weighted by Gasteiger charge is 2.29. The summed E-state index contributed by atoms with van der Waals surface area (Å²) in [5.41, 5.74) is 2.95. The SMILES string of the molecule is Cn1c(CN2CCC(NC(=O)c3cccnc3)C(O)C2)cc2ccccc21. The van der Waals surface area contributed by atoms with E-state index in [2.05, 4.69) is 45.0 Å². The molecule has 2 unspecified atom stereocenters. The van der Waals surface area contributed by atoms with Crippen molar-refractivity contribution in [3.63, 3.8) is 0 Å². The van der Waals surface area contributed by atoms with E-state index in [9.17, 15) is 9.90 Å². The molecule has 0 spiro atoms. The van der Waals surface area contributed by atoms with E-state index in [1.165, 1.54) is 22.8 Å². The van der Waals surface area contributed by atoms with Crippen molar-refractivity contribution in [1.29, 1.82) is 0 Å². The van der Waals surface area contributed by atoms with Crippen LogP contribution in [0.2, 0.25) is 0 Å². The molecule has 0 bridgehead atoms. The highest BCUT2D eigenvalue weighted by molar-refractivity contribution is 5.94. The maximum absolute atomic E-state index is 12.3. The smallest absolute Gasteiger partial charge is 0.253 e. The van der Waals surface area contributed by atoms with Crippen LogP contribution in [0.15, 0.2) is 54.9 Å². The Hall–Kier alpha value is -2.70. The molecule has 1 saturated heterocycles. The Morgan fingerprint density at radius 2 is 2.15 bits per heavy atom. The van der Waals surface area contributed by atoms with E-state index >= 15 is 0 Å². The van der Waals surface area contributed by atoms with Crippen LogP contribution in [0.5, 0.6) is 0 Å². The monoisotopic (exact) mass is 364 g/mol. The molecule has 2 N–H and O–H groups in total. The second kappa shape index (κ2) is 7.50. The molecule has 6 heteroatoms. The van der Waals surface area contributed by atoms with Crippen molar-refractivity contribution in [2.75, 3.05) is 13.1 Å². The number of carbonyl (C=O) groups is 1. The van der Waals surface area contributed by atoms with E-state index in [-0.39, 0.29) is 11.9 Å². The number of pyridine rings is 1. The van der Waals surface area contributed by atoms with Crippen LogP contribution in [0, 0.1) is 0 Å². The molecule has 1 amide bonds. The summed E-state index contributed by atoms with van der Waals surface area (Å²) in [5.74, 6) is -0.186. The quantitative estimate of drug-likeness (QED) is 0.742. The molecule has 0 aliphatic carbocycles. The van der Waals surface area contributed by atoms with E-state index in [4.69, 9.17) is 0 Å². The van der Waals surface area contributed by atoms with Gasteiger partial charge in [-0.15, -0.1) is 0 Å². The van der Waals surface area contributed by atoms with Gasteiger partial charge in [0.05, 0.1) is 17.7 Å². The van der Waals surface area contributed by atoms with Crippen LogP contribution in [0.3, 0.4) is 0 Å². The number of likely N-dealkylation sites (tertiary alicyclic amines) is 1.